The summed E-state index contributed by atoms with van der Waals surface area (Å²) in [5.41, 5.74) is 2.00. The number of nitrogens with zero attached hydrogens (tertiary/aromatic N) is 2. The lowest BCUT2D eigenvalue weighted by atomic mass is 9.99. The van der Waals surface area contributed by atoms with Crippen LogP contribution in [-0.2, 0) is 12.7 Å². The first-order chi connectivity index (χ1) is 13.0. The number of hydrogen-bond donors (Lipinski definition) is 0. The fraction of sp³-hybridized carbons (Fsp3) is 0.286. The lowest BCUT2D eigenvalue weighted by molar-refractivity contribution is -0.137. The zero-order valence-corrected chi connectivity index (χ0v) is 14.8. The molecule has 0 unspecified atom stereocenters. The van der Waals surface area contributed by atoms with Gasteiger partial charge in [-0.1, -0.05) is 30.3 Å². The van der Waals surface area contributed by atoms with Crippen molar-refractivity contribution in [1.29, 1.82) is 0 Å². The molecule has 0 saturated heterocycles. The van der Waals surface area contributed by atoms with Gasteiger partial charge in [0.25, 0.3) is 0 Å². The summed E-state index contributed by atoms with van der Waals surface area (Å²) in [6.07, 6.45) is -0.693. The summed E-state index contributed by atoms with van der Waals surface area (Å²) in [5.74, 6) is 1.03. The van der Waals surface area contributed by atoms with E-state index in [1.54, 1.807) is 24.1 Å². The van der Waals surface area contributed by atoms with Gasteiger partial charge in [-0.15, -0.1) is 0 Å². The minimum atomic E-state index is -4.41. The predicted molar refractivity (Wildman–Crippen MR) is 96.7 cm³/mol. The van der Waals surface area contributed by atoms with Gasteiger partial charge in [0, 0.05) is 11.1 Å². The third kappa shape index (κ3) is 3.56. The second-order valence-electron chi connectivity index (χ2n) is 6.77. The zero-order valence-electron chi connectivity index (χ0n) is 14.8. The van der Waals surface area contributed by atoms with E-state index in [0.717, 1.165) is 35.8 Å². The molecule has 140 valence electrons. The Bertz CT molecular complexity index is 941. The lowest BCUT2D eigenvalue weighted by Gasteiger charge is -2.16. The molecule has 1 heterocycles. The van der Waals surface area contributed by atoms with E-state index < -0.39 is 11.7 Å². The van der Waals surface area contributed by atoms with Crippen molar-refractivity contribution >= 4 is 0 Å². The van der Waals surface area contributed by atoms with E-state index >= 15 is 0 Å². The van der Waals surface area contributed by atoms with Crippen molar-refractivity contribution in [3.8, 4) is 17.0 Å². The van der Waals surface area contributed by atoms with Crippen LogP contribution in [0.15, 0.2) is 54.7 Å². The maximum absolute atomic E-state index is 13.6. The van der Waals surface area contributed by atoms with Crippen molar-refractivity contribution in [3.05, 3.63) is 71.4 Å². The van der Waals surface area contributed by atoms with Crippen LogP contribution in [0.3, 0.4) is 0 Å². The number of methoxy groups -OCH3 is 1. The molecule has 0 N–H and O–H groups in total. The molecule has 0 amide bonds. The second-order valence-corrected chi connectivity index (χ2v) is 6.77. The molecule has 1 aromatic heterocycles. The van der Waals surface area contributed by atoms with Gasteiger partial charge in [0.1, 0.15) is 5.75 Å². The van der Waals surface area contributed by atoms with E-state index in [0.29, 0.717) is 18.2 Å². The largest absolute Gasteiger partial charge is 0.497 e. The molecule has 0 aliphatic heterocycles. The molecule has 4 rings (SSSR count). The first-order valence-electron chi connectivity index (χ1n) is 8.82. The molecular weight excluding hydrogens is 353 g/mol. The molecule has 1 fully saturated rings. The van der Waals surface area contributed by atoms with E-state index in [2.05, 4.69) is 5.10 Å². The molecule has 6 heteroatoms. The number of halogens is 3. The first kappa shape index (κ1) is 17.6. The minimum absolute atomic E-state index is 0.193. The van der Waals surface area contributed by atoms with E-state index in [1.165, 1.54) is 12.1 Å². The maximum Gasteiger partial charge on any atom is 0.417 e. The Hall–Kier alpha value is -2.76. The molecule has 1 aliphatic carbocycles. The van der Waals surface area contributed by atoms with Crippen LogP contribution < -0.4 is 4.74 Å². The van der Waals surface area contributed by atoms with Crippen LogP contribution in [0.2, 0.25) is 0 Å². The summed E-state index contributed by atoms with van der Waals surface area (Å²) >= 11 is 0. The van der Waals surface area contributed by atoms with Crippen LogP contribution in [0, 0.1) is 0 Å². The average molecular weight is 372 g/mol. The SMILES string of the molecule is COc1ccc(Cn2ncc(C3CC3)c2-c2ccccc2C(F)(F)F)cc1. The topological polar surface area (TPSA) is 27.1 Å². The quantitative estimate of drug-likeness (QED) is 0.591. The van der Waals surface area contributed by atoms with Gasteiger partial charge in [-0.3, -0.25) is 4.68 Å². The van der Waals surface area contributed by atoms with Gasteiger partial charge in [0.2, 0.25) is 0 Å². The number of alkyl halides is 3. The summed E-state index contributed by atoms with van der Waals surface area (Å²) < 4.78 is 47.6. The molecule has 1 aliphatic rings. The van der Waals surface area contributed by atoms with Gasteiger partial charge >= 0.3 is 6.18 Å². The second kappa shape index (κ2) is 6.76. The fourth-order valence-electron chi connectivity index (χ4n) is 3.35. The number of ether oxygens (including phenoxy) is 1. The highest BCUT2D eigenvalue weighted by atomic mass is 19.4. The maximum atomic E-state index is 13.6. The van der Waals surface area contributed by atoms with Crippen molar-refractivity contribution in [1.82, 2.24) is 9.78 Å². The van der Waals surface area contributed by atoms with Crippen LogP contribution in [-0.4, -0.2) is 16.9 Å². The Morgan fingerprint density at radius 3 is 2.41 bits per heavy atom. The summed E-state index contributed by atoms with van der Waals surface area (Å²) in [6, 6.07) is 13.2. The number of benzene rings is 2. The molecule has 2 aromatic carbocycles. The zero-order chi connectivity index (χ0) is 19.0. The highest BCUT2D eigenvalue weighted by Gasteiger charge is 2.36. The van der Waals surface area contributed by atoms with Crippen molar-refractivity contribution in [2.45, 2.75) is 31.5 Å². The van der Waals surface area contributed by atoms with Gasteiger partial charge < -0.3 is 4.74 Å². The summed E-state index contributed by atoms with van der Waals surface area (Å²) in [7, 11) is 1.59. The smallest absolute Gasteiger partial charge is 0.417 e. The summed E-state index contributed by atoms with van der Waals surface area (Å²) in [6.45, 7) is 0.401. The first-order valence-corrected chi connectivity index (χ1v) is 8.82. The normalized spacial score (nSPS) is 14.4. The predicted octanol–water partition coefficient (Wildman–Crippen LogP) is 5.50. The van der Waals surface area contributed by atoms with Gasteiger partial charge in [0.15, 0.2) is 0 Å². The Labute approximate surface area is 155 Å². The number of aromatic nitrogens is 2. The Morgan fingerprint density at radius 1 is 1.07 bits per heavy atom. The molecule has 27 heavy (non-hydrogen) atoms. The standard InChI is InChI=1S/C21H19F3N2O/c1-27-16-10-6-14(7-11-16)13-26-20(18(12-25-26)15-8-9-15)17-4-2-3-5-19(17)21(22,23)24/h2-7,10-12,15H,8-9,13H2,1H3. The van der Waals surface area contributed by atoms with Gasteiger partial charge in [0.05, 0.1) is 31.1 Å². The monoisotopic (exact) mass is 372 g/mol. The fourth-order valence-corrected chi connectivity index (χ4v) is 3.35. The average Bonchev–Trinajstić information content (AvgIpc) is 3.42. The molecular formula is C21H19F3N2O. The molecule has 0 atom stereocenters. The van der Waals surface area contributed by atoms with E-state index in [9.17, 15) is 13.2 Å². The van der Waals surface area contributed by atoms with Crippen molar-refractivity contribution in [3.63, 3.8) is 0 Å². The third-order valence-electron chi connectivity index (χ3n) is 4.86. The van der Waals surface area contributed by atoms with Crippen molar-refractivity contribution in [2.24, 2.45) is 0 Å². The molecule has 3 aromatic rings. The molecule has 3 nitrogen and oxygen atoms in total. The van der Waals surface area contributed by atoms with E-state index in [-0.39, 0.29) is 5.56 Å². The van der Waals surface area contributed by atoms with Crippen LogP contribution >= 0.6 is 0 Å². The Kier molecular flexibility index (Phi) is 4.42. The number of hydrogen-bond acceptors (Lipinski definition) is 2. The van der Waals surface area contributed by atoms with Crippen LogP contribution in [0.25, 0.3) is 11.3 Å². The summed E-state index contributed by atoms with van der Waals surface area (Å²) in [4.78, 5) is 0. The van der Waals surface area contributed by atoms with Gasteiger partial charge in [-0.2, -0.15) is 18.3 Å². The highest BCUT2D eigenvalue weighted by Crippen LogP contribution is 2.46. The van der Waals surface area contributed by atoms with Crippen LogP contribution in [0.5, 0.6) is 5.75 Å². The molecule has 0 radical (unpaired) electrons. The van der Waals surface area contributed by atoms with Crippen molar-refractivity contribution in [2.75, 3.05) is 7.11 Å². The lowest BCUT2D eigenvalue weighted by Crippen LogP contribution is -2.11. The molecule has 0 spiro atoms. The number of rotatable bonds is 5. The minimum Gasteiger partial charge on any atom is -0.497 e. The molecule has 1 saturated carbocycles. The Morgan fingerprint density at radius 2 is 1.78 bits per heavy atom. The van der Waals surface area contributed by atoms with Crippen molar-refractivity contribution < 1.29 is 17.9 Å². The van der Waals surface area contributed by atoms with E-state index in [4.69, 9.17) is 4.74 Å². The Balaban J connectivity index is 1.79. The van der Waals surface area contributed by atoms with Crippen LogP contribution in [0.1, 0.15) is 35.4 Å². The molecule has 0 bridgehead atoms. The summed E-state index contributed by atoms with van der Waals surface area (Å²) in [5, 5.41) is 4.43. The van der Waals surface area contributed by atoms with E-state index in [1.807, 2.05) is 24.3 Å². The van der Waals surface area contributed by atoms with Gasteiger partial charge in [-0.25, -0.2) is 0 Å². The van der Waals surface area contributed by atoms with Crippen LogP contribution in [0.4, 0.5) is 13.2 Å². The highest BCUT2D eigenvalue weighted by molar-refractivity contribution is 5.69. The van der Waals surface area contributed by atoms with Gasteiger partial charge in [-0.05, 0) is 42.5 Å². The third-order valence-corrected chi connectivity index (χ3v) is 4.86.